The number of carbonyl (C=O) groups excluding carboxylic acids is 1. The zero-order chi connectivity index (χ0) is 29.3. The van der Waals surface area contributed by atoms with Crippen molar-refractivity contribution in [3.63, 3.8) is 0 Å². The molecular weight excluding hydrogens is 542 g/mol. The fourth-order valence-electron chi connectivity index (χ4n) is 4.63. The van der Waals surface area contributed by atoms with E-state index < -0.39 is 32.5 Å². The van der Waals surface area contributed by atoms with Crippen molar-refractivity contribution in [2.24, 2.45) is 0 Å². The van der Waals surface area contributed by atoms with Gasteiger partial charge >= 0.3 is 5.97 Å². The van der Waals surface area contributed by atoms with Gasteiger partial charge in [0.15, 0.2) is 0 Å². The van der Waals surface area contributed by atoms with E-state index in [2.05, 4.69) is 10.0 Å². The summed E-state index contributed by atoms with van der Waals surface area (Å²) in [4.78, 5) is 24.4. The maximum absolute atomic E-state index is 14.1. The molecule has 2 N–H and O–H groups in total. The van der Waals surface area contributed by atoms with E-state index in [1.807, 2.05) is 60.7 Å². The van der Waals surface area contributed by atoms with Crippen LogP contribution in [0.1, 0.15) is 29.7 Å². The van der Waals surface area contributed by atoms with E-state index in [0.29, 0.717) is 5.56 Å². The molecule has 0 aliphatic rings. The molecule has 0 aliphatic heterocycles. The Morgan fingerprint density at radius 1 is 0.854 bits per heavy atom. The minimum atomic E-state index is -4.28. The number of benzene rings is 4. The van der Waals surface area contributed by atoms with Crippen molar-refractivity contribution < 1.29 is 22.9 Å². The van der Waals surface area contributed by atoms with Crippen LogP contribution in [0.5, 0.6) is 0 Å². The van der Waals surface area contributed by atoms with E-state index in [-0.39, 0.29) is 30.2 Å². The predicted octanol–water partition coefficient (Wildman–Crippen LogP) is 4.95. The lowest BCUT2D eigenvalue weighted by molar-refractivity contribution is -0.384. The number of hydrogen-bond acceptors (Lipinski definition) is 7. The minimum absolute atomic E-state index is 0.0823. The van der Waals surface area contributed by atoms with E-state index in [0.717, 1.165) is 23.3 Å². The smallest absolute Gasteiger partial charge is 0.328 e. The first-order valence-corrected chi connectivity index (χ1v) is 14.6. The number of non-ortho nitro benzene ring substituents is 1. The lowest BCUT2D eigenvalue weighted by Crippen LogP contribution is -2.62. The van der Waals surface area contributed by atoms with E-state index in [4.69, 9.17) is 4.74 Å². The highest BCUT2D eigenvalue weighted by Crippen LogP contribution is 2.34. The van der Waals surface area contributed by atoms with E-state index in [1.54, 1.807) is 37.3 Å². The van der Waals surface area contributed by atoms with Gasteiger partial charge in [-0.2, -0.15) is 0 Å². The lowest BCUT2D eigenvalue weighted by Gasteiger charge is -2.40. The molecule has 0 aromatic heterocycles. The number of ether oxygens (including phenoxy) is 1. The highest BCUT2D eigenvalue weighted by Gasteiger charge is 2.49. The molecule has 0 heterocycles. The molecule has 4 aromatic carbocycles. The molecule has 0 saturated heterocycles. The average molecular weight is 574 g/mol. The Balaban J connectivity index is 1.87. The van der Waals surface area contributed by atoms with Gasteiger partial charge in [-0.05, 0) is 35.7 Å². The molecule has 10 heteroatoms. The first-order valence-electron chi connectivity index (χ1n) is 13.1. The summed E-state index contributed by atoms with van der Waals surface area (Å²) in [6, 6.07) is 31.0. The molecular formula is C31H31N3O6S. The second-order valence-corrected chi connectivity index (χ2v) is 11.1. The standard InChI is InChI=1S/C31H31N3O6S/c1-2-40-30(35)31(22-24-12-6-3-7-13-24,32-23-25-14-8-4-9-15-25)29(26-16-10-5-11-17-26)33-41(38,39)28-20-18-27(19-21-28)34(36)37/h3-21,29,32-33H,2,22-23H2,1H3/t29-,31+/m0/s1. The number of carbonyl (C=O) groups is 1. The van der Waals surface area contributed by atoms with Crippen LogP contribution in [0.2, 0.25) is 0 Å². The van der Waals surface area contributed by atoms with Crippen LogP contribution in [-0.2, 0) is 32.5 Å². The van der Waals surface area contributed by atoms with Crippen LogP contribution in [0.15, 0.2) is 120 Å². The zero-order valence-electron chi connectivity index (χ0n) is 22.5. The number of hydrogen-bond donors (Lipinski definition) is 2. The van der Waals surface area contributed by atoms with Crippen molar-refractivity contribution in [2.45, 2.75) is 36.4 Å². The molecule has 0 bridgehead atoms. The maximum atomic E-state index is 14.1. The highest BCUT2D eigenvalue weighted by atomic mass is 32.2. The molecule has 41 heavy (non-hydrogen) atoms. The predicted molar refractivity (Wildman–Crippen MR) is 155 cm³/mol. The van der Waals surface area contributed by atoms with Gasteiger partial charge in [0.05, 0.1) is 22.5 Å². The summed E-state index contributed by atoms with van der Waals surface area (Å²) in [5.41, 5.74) is 0.374. The van der Waals surface area contributed by atoms with Gasteiger partial charge in [-0.25, -0.2) is 17.9 Å². The lowest BCUT2D eigenvalue weighted by atomic mass is 9.80. The zero-order valence-corrected chi connectivity index (χ0v) is 23.3. The maximum Gasteiger partial charge on any atom is 0.328 e. The highest BCUT2D eigenvalue weighted by molar-refractivity contribution is 7.89. The van der Waals surface area contributed by atoms with Crippen LogP contribution < -0.4 is 10.0 Å². The molecule has 0 fully saturated rings. The van der Waals surface area contributed by atoms with Gasteiger partial charge in [-0.15, -0.1) is 0 Å². The van der Waals surface area contributed by atoms with Gasteiger partial charge in [-0.1, -0.05) is 91.0 Å². The Morgan fingerprint density at radius 3 is 1.93 bits per heavy atom. The third kappa shape index (κ3) is 7.23. The average Bonchev–Trinajstić information content (AvgIpc) is 3.00. The molecule has 0 unspecified atom stereocenters. The van der Waals surface area contributed by atoms with Crippen molar-refractivity contribution in [3.8, 4) is 0 Å². The fraction of sp³-hybridized carbons (Fsp3) is 0.194. The van der Waals surface area contributed by atoms with Gasteiger partial charge in [0.2, 0.25) is 10.0 Å². The largest absolute Gasteiger partial charge is 0.465 e. The fourth-order valence-corrected chi connectivity index (χ4v) is 5.91. The Kier molecular flexibility index (Phi) is 9.61. The summed E-state index contributed by atoms with van der Waals surface area (Å²) < 4.78 is 36.0. The topological polar surface area (TPSA) is 128 Å². The molecule has 9 nitrogen and oxygen atoms in total. The summed E-state index contributed by atoms with van der Waals surface area (Å²) in [6.45, 7) is 2.02. The number of nitro groups is 1. The molecule has 2 atom stereocenters. The van der Waals surface area contributed by atoms with Gasteiger partial charge in [0.1, 0.15) is 5.54 Å². The van der Waals surface area contributed by atoms with Gasteiger partial charge in [-0.3, -0.25) is 15.4 Å². The van der Waals surface area contributed by atoms with Crippen LogP contribution in [-0.4, -0.2) is 31.5 Å². The first-order chi connectivity index (χ1) is 19.7. The summed E-state index contributed by atoms with van der Waals surface area (Å²) in [7, 11) is -4.28. The van der Waals surface area contributed by atoms with Gasteiger partial charge < -0.3 is 4.74 Å². The van der Waals surface area contributed by atoms with Crippen molar-refractivity contribution in [1.29, 1.82) is 0 Å². The molecule has 212 valence electrons. The third-order valence-electron chi connectivity index (χ3n) is 6.67. The van der Waals surface area contributed by atoms with Crippen molar-refractivity contribution in [1.82, 2.24) is 10.0 Å². The van der Waals surface area contributed by atoms with E-state index >= 15 is 0 Å². The SMILES string of the molecule is CCOC(=O)[C@](Cc1ccccc1)(NCc1ccccc1)[C@@H](NS(=O)(=O)c1ccc([N+](=O)[O-])cc1)c1ccccc1. The quantitative estimate of drug-likeness (QED) is 0.132. The molecule has 4 aromatic rings. The number of nitrogens with one attached hydrogen (secondary N) is 2. The molecule has 0 aliphatic carbocycles. The Hall–Kier alpha value is -4.38. The Bertz CT molecular complexity index is 1550. The van der Waals surface area contributed by atoms with E-state index in [1.165, 1.54) is 12.1 Å². The second kappa shape index (κ2) is 13.3. The van der Waals surface area contributed by atoms with E-state index in [9.17, 15) is 23.3 Å². The van der Waals surface area contributed by atoms with Crippen LogP contribution >= 0.6 is 0 Å². The van der Waals surface area contributed by atoms with Crippen LogP contribution in [0.25, 0.3) is 0 Å². The number of nitrogens with zero attached hydrogens (tertiary/aromatic N) is 1. The van der Waals surface area contributed by atoms with Gasteiger partial charge in [0.25, 0.3) is 5.69 Å². The molecule has 0 radical (unpaired) electrons. The van der Waals surface area contributed by atoms with Crippen molar-refractivity contribution >= 4 is 21.7 Å². The Labute approximate surface area is 239 Å². The van der Waals surface area contributed by atoms with Gasteiger partial charge in [0, 0.05) is 25.1 Å². The normalized spacial score (nSPS) is 13.6. The first kappa shape index (κ1) is 29.6. The van der Waals surface area contributed by atoms with Crippen LogP contribution in [0.4, 0.5) is 5.69 Å². The van der Waals surface area contributed by atoms with Crippen molar-refractivity contribution in [3.05, 3.63) is 142 Å². The minimum Gasteiger partial charge on any atom is -0.465 e. The number of esters is 1. The number of sulfonamides is 1. The molecule has 0 saturated carbocycles. The number of rotatable bonds is 13. The molecule has 0 spiro atoms. The summed E-state index contributed by atoms with van der Waals surface area (Å²) >= 11 is 0. The van der Waals surface area contributed by atoms with Crippen LogP contribution in [0, 0.1) is 10.1 Å². The molecule has 4 rings (SSSR count). The summed E-state index contributed by atoms with van der Waals surface area (Å²) in [6.07, 6.45) is 0.0991. The summed E-state index contributed by atoms with van der Waals surface area (Å²) in [5.74, 6) is -0.625. The molecule has 0 amide bonds. The summed E-state index contributed by atoms with van der Waals surface area (Å²) in [5, 5.41) is 14.5. The third-order valence-corrected chi connectivity index (χ3v) is 8.11. The second-order valence-electron chi connectivity index (χ2n) is 9.41. The number of nitro benzene ring substituents is 1. The van der Waals surface area contributed by atoms with Crippen LogP contribution in [0.3, 0.4) is 0 Å². The monoisotopic (exact) mass is 573 g/mol. The Morgan fingerprint density at radius 2 is 1.39 bits per heavy atom. The van der Waals surface area contributed by atoms with Crippen molar-refractivity contribution in [2.75, 3.05) is 6.61 Å².